The summed E-state index contributed by atoms with van der Waals surface area (Å²) in [5.74, 6) is 1.63. The van der Waals surface area contributed by atoms with Gasteiger partial charge >= 0.3 is 0 Å². The van der Waals surface area contributed by atoms with Gasteiger partial charge in [0.2, 0.25) is 0 Å². The molecule has 2 rings (SSSR count). The molecule has 1 unspecified atom stereocenters. The smallest absolute Gasteiger partial charge is 0.0992 e. The van der Waals surface area contributed by atoms with Crippen LogP contribution in [0, 0.1) is 11.8 Å². The zero-order chi connectivity index (χ0) is 14.5. The normalized spacial score (nSPS) is 24.8. The molecule has 1 aromatic heterocycles. The summed E-state index contributed by atoms with van der Waals surface area (Å²) in [7, 11) is 0. The minimum atomic E-state index is 0.379. The van der Waals surface area contributed by atoms with Crippen LogP contribution in [0.3, 0.4) is 0 Å². The van der Waals surface area contributed by atoms with Gasteiger partial charge < -0.3 is 5.32 Å². The number of thiophene rings is 1. The molecule has 1 heterocycles. The highest BCUT2D eigenvalue weighted by atomic mass is 35.5. The predicted molar refractivity (Wildman–Crippen MR) is 91.1 cm³/mol. The minimum absolute atomic E-state index is 0.379. The minimum Gasteiger partial charge on any atom is -0.310 e. The van der Waals surface area contributed by atoms with E-state index in [4.69, 9.17) is 23.2 Å². The first-order chi connectivity index (χ1) is 9.65. The van der Waals surface area contributed by atoms with Crippen LogP contribution in [-0.2, 0) is 0 Å². The Bertz CT molecular complexity index is 411. The second kappa shape index (κ2) is 8.03. The lowest BCUT2D eigenvalue weighted by Gasteiger charge is -2.34. The first kappa shape index (κ1) is 16.6. The maximum Gasteiger partial charge on any atom is 0.0992 e. The van der Waals surface area contributed by atoms with E-state index in [0.29, 0.717) is 12.0 Å². The summed E-state index contributed by atoms with van der Waals surface area (Å²) in [5.41, 5.74) is 1.22. The molecule has 1 aromatic rings. The van der Waals surface area contributed by atoms with Crippen LogP contribution in [0.25, 0.3) is 0 Å². The van der Waals surface area contributed by atoms with E-state index in [1.807, 2.05) is 0 Å². The van der Waals surface area contributed by atoms with Crippen molar-refractivity contribution in [3.63, 3.8) is 0 Å². The lowest BCUT2D eigenvalue weighted by molar-refractivity contribution is 0.219. The number of hydrogen-bond acceptors (Lipinski definition) is 2. The Hall–Kier alpha value is 0.240. The first-order valence-corrected chi connectivity index (χ1v) is 9.41. The van der Waals surface area contributed by atoms with E-state index in [0.717, 1.165) is 27.6 Å². The van der Waals surface area contributed by atoms with Crippen molar-refractivity contribution in [2.24, 2.45) is 11.8 Å². The predicted octanol–water partition coefficient (Wildman–Crippen LogP) is 6.31. The topological polar surface area (TPSA) is 12.0 Å². The van der Waals surface area contributed by atoms with Crippen LogP contribution in [0.5, 0.6) is 0 Å². The van der Waals surface area contributed by atoms with E-state index >= 15 is 0 Å². The average Bonchev–Trinajstić information content (AvgIpc) is 2.79. The second-order valence-corrected chi connectivity index (χ2v) is 8.19. The second-order valence-electron chi connectivity index (χ2n) is 5.90. The van der Waals surface area contributed by atoms with Gasteiger partial charge in [0.25, 0.3) is 0 Å². The van der Waals surface area contributed by atoms with Gasteiger partial charge in [-0.25, -0.2) is 0 Å². The summed E-state index contributed by atoms with van der Waals surface area (Å²) in [4.78, 5) is 0. The largest absolute Gasteiger partial charge is 0.310 e. The van der Waals surface area contributed by atoms with Crippen LogP contribution in [0.4, 0.5) is 0 Å². The molecular weight excluding hydrogens is 309 g/mol. The fourth-order valence-corrected chi connectivity index (χ4v) is 4.88. The van der Waals surface area contributed by atoms with E-state index in [2.05, 4.69) is 25.2 Å². The number of halogens is 2. The molecular formula is C16H25Cl2NS. The Morgan fingerprint density at radius 2 is 1.95 bits per heavy atom. The van der Waals surface area contributed by atoms with Crippen molar-refractivity contribution in [3.8, 4) is 0 Å². The quantitative estimate of drug-likeness (QED) is 0.642. The zero-order valence-electron chi connectivity index (χ0n) is 12.4. The van der Waals surface area contributed by atoms with Gasteiger partial charge in [0.1, 0.15) is 0 Å². The molecule has 1 N–H and O–H groups in total. The Labute approximate surface area is 137 Å². The number of nitrogens with one attached hydrogen (secondary N) is 1. The molecule has 0 spiro atoms. The molecule has 1 nitrogen and oxygen atoms in total. The van der Waals surface area contributed by atoms with Crippen molar-refractivity contribution in [3.05, 3.63) is 20.3 Å². The van der Waals surface area contributed by atoms with Crippen LogP contribution in [0.1, 0.15) is 64.0 Å². The van der Waals surface area contributed by atoms with Crippen LogP contribution in [-0.4, -0.2) is 6.54 Å². The molecule has 1 saturated carbocycles. The maximum atomic E-state index is 6.39. The third kappa shape index (κ3) is 4.13. The van der Waals surface area contributed by atoms with Crippen molar-refractivity contribution in [1.82, 2.24) is 5.32 Å². The van der Waals surface area contributed by atoms with Gasteiger partial charge in [-0.05, 0) is 43.7 Å². The summed E-state index contributed by atoms with van der Waals surface area (Å²) >= 11 is 14.0. The fraction of sp³-hybridized carbons (Fsp3) is 0.750. The summed E-state index contributed by atoms with van der Waals surface area (Å²) < 4.78 is 1.66. The van der Waals surface area contributed by atoms with Gasteiger partial charge in [0, 0.05) is 11.6 Å². The molecule has 0 amide bonds. The molecule has 1 fully saturated rings. The monoisotopic (exact) mass is 333 g/mol. The SMILES string of the molecule is CCCNC(c1cc(Cl)sc1Cl)C1CCC(CC)CC1. The summed E-state index contributed by atoms with van der Waals surface area (Å²) in [6, 6.07) is 2.44. The lowest BCUT2D eigenvalue weighted by Crippen LogP contribution is -2.31. The standard InChI is InChI=1S/C16H25Cl2NS/c1-3-9-19-15(13-10-14(17)20-16(13)18)12-7-5-11(4-2)6-8-12/h10-12,15,19H,3-9H2,1-2H3. The van der Waals surface area contributed by atoms with E-state index < -0.39 is 0 Å². The Morgan fingerprint density at radius 3 is 2.45 bits per heavy atom. The number of rotatable bonds is 6. The highest BCUT2D eigenvalue weighted by molar-refractivity contribution is 7.20. The summed E-state index contributed by atoms with van der Waals surface area (Å²) in [6.07, 6.45) is 7.82. The van der Waals surface area contributed by atoms with Crippen LogP contribution < -0.4 is 5.32 Å². The first-order valence-electron chi connectivity index (χ1n) is 7.83. The van der Waals surface area contributed by atoms with Crippen molar-refractivity contribution in [1.29, 1.82) is 0 Å². The number of hydrogen-bond donors (Lipinski definition) is 1. The highest BCUT2D eigenvalue weighted by Gasteiger charge is 2.29. The van der Waals surface area contributed by atoms with Gasteiger partial charge in [-0.2, -0.15) is 0 Å². The molecule has 4 heteroatoms. The van der Waals surface area contributed by atoms with Crippen molar-refractivity contribution in [2.45, 2.75) is 58.4 Å². The van der Waals surface area contributed by atoms with E-state index in [-0.39, 0.29) is 0 Å². The molecule has 114 valence electrons. The van der Waals surface area contributed by atoms with Crippen LogP contribution in [0.15, 0.2) is 6.07 Å². The Kier molecular flexibility index (Phi) is 6.67. The van der Waals surface area contributed by atoms with Gasteiger partial charge in [0.15, 0.2) is 0 Å². The van der Waals surface area contributed by atoms with Crippen molar-refractivity contribution in [2.75, 3.05) is 6.54 Å². The molecule has 0 aliphatic heterocycles. The maximum absolute atomic E-state index is 6.39. The Morgan fingerprint density at radius 1 is 1.25 bits per heavy atom. The van der Waals surface area contributed by atoms with Crippen LogP contribution in [0.2, 0.25) is 8.67 Å². The van der Waals surface area contributed by atoms with Gasteiger partial charge in [-0.1, -0.05) is 56.3 Å². The summed E-state index contributed by atoms with van der Waals surface area (Å²) in [6.45, 7) is 5.57. The van der Waals surface area contributed by atoms with Crippen molar-refractivity contribution >= 4 is 34.5 Å². The molecule has 0 bridgehead atoms. The van der Waals surface area contributed by atoms with Gasteiger partial charge in [0.05, 0.1) is 8.67 Å². The molecule has 0 saturated heterocycles. The molecule has 0 radical (unpaired) electrons. The Balaban J connectivity index is 2.09. The van der Waals surface area contributed by atoms with E-state index in [9.17, 15) is 0 Å². The molecule has 1 atom stereocenters. The van der Waals surface area contributed by atoms with E-state index in [1.54, 1.807) is 0 Å². The summed E-state index contributed by atoms with van der Waals surface area (Å²) in [5, 5.41) is 3.71. The third-order valence-corrected chi connectivity index (χ3v) is 6.09. The van der Waals surface area contributed by atoms with Crippen LogP contribution >= 0.6 is 34.5 Å². The molecule has 1 aliphatic rings. The zero-order valence-corrected chi connectivity index (χ0v) is 14.8. The third-order valence-electron chi connectivity index (χ3n) is 4.57. The van der Waals surface area contributed by atoms with Gasteiger partial charge in [-0.15, -0.1) is 11.3 Å². The van der Waals surface area contributed by atoms with Crippen molar-refractivity contribution < 1.29 is 0 Å². The average molecular weight is 334 g/mol. The molecule has 1 aliphatic carbocycles. The molecule has 0 aromatic carbocycles. The molecule has 20 heavy (non-hydrogen) atoms. The van der Waals surface area contributed by atoms with Gasteiger partial charge in [-0.3, -0.25) is 0 Å². The van der Waals surface area contributed by atoms with E-state index in [1.165, 1.54) is 49.0 Å². The fourth-order valence-electron chi connectivity index (χ4n) is 3.33. The highest BCUT2D eigenvalue weighted by Crippen LogP contribution is 2.43. The lowest BCUT2D eigenvalue weighted by atomic mass is 9.76.